The lowest BCUT2D eigenvalue weighted by Gasteiger charge is -2.19. The molecule has 0 saturated carbocycles. The second-order valence-electron chi connectivity index (χ2n) is 6.35. The van der Waals surface area contributed by atoms with Gasteiger partial charge in [-0.1, -0.05) is 23.8 Å². The molecule has 0 N–H and O–H groups in total. The van der Waals surface area contributed by atoms with Crippen molar-refractivity contribution in [3.8, 4) is 0 Å². The molecule has 1 amide bonds. The average molecular weight is 383 g/mol. The van der Waals surface area contributed by atoms with Crippen molar-refractivity contribution in [2.24, 2.45) is 0 Å². The van der Waals surface area contributed by atoms with Gasteiger partial charge >= 0.3 is 0 Å². The number of amides is 1. The SMILES string of the molecule is CC(=O)N(c1ccc(C)c(C)c1)c1nc(CSc2ccc(C)cc2)cs1. The van der Waals surface area contributed by atoms with E-state index in [9.17, 15) is 4.79 Å². The van der Waals surface area contributed by atoms with Crippen LogP contribution in [0.15, 0.2) is 52.7 Å². The lowest BCUT2D eigenvalue weighted by molar-refractivity contribution is -0.115. The van der Waals surface area contributed by atoms with E-state index in [2.05, 4.69) is 45.0 Å². The number of thiazole rings is 1. The van der Waals surface area contributed by atoms with E-state index in [0.29, 0.717) is 0 Å². The molecule has 0 spiro atoms. The number of carbonyl (C=O) groups excluding carboxylic acids is 1. The van der Waals surface area contributed by atoms with Gasteiger partial charge in [0.1, 0.15) is 0 Å². The molecule has 0 aliphatic heterocycles. The van der Waals surface area contributed by atoms with Crippen LogP contribution in [-0.4, -0.2) is 10.9 Å². The highest BCUT2D eigenvalue weighted by atomic mass is 32.2. The van der Waals surface area contributed by atoms with Crippen molar-refractivity contribution in [3.63, 3.8) is 0 Å². The molecule has 0 atom stereocenters. The van der Waals surface area contributed by atoms with Gasteiger partial charge in [-0.2, -0.15) is 0 Å². The zero-order valence-corrected chi connectivity index (χ0v) is 17.1. The highest BCUT2D eigenvalue weighted by Crippen LogP contribution is 2.32. The van der Waals surface area contributed by atoms with Crippen molar-refractivity contribution in [1.29, 1.82) is 0 Å². The molecule has 3 aromatic rings. The van der Waals surface area contributed by atoms with Crippen LogP contribution in [0.1, 0.15) is 29.3 Å². The molecule has 5 heteroatoms. The van der Waals surface area contributed by atoms with E-state index < -0.39 is 0 Å². The Morgan fingerprint density at radius 3 is 2.46 bits per heavy atom. The molecule has 2 aromatic carbocycles. The number of rotatable bonds is 5. The van der Waals surface area contributed by atoms with Crippen molar-refractivity contribution in [2.75, 3.05) is 4.90 Å². The van der Waals surface area contributed by atoms with Gasteiger partial charge in [-0.25, -0.2) is 4.98 Å². The summed E-state index contributed by atoms with van der Waals surface area (Å²) in [5.74, 6) is 0.762. The fourth-order valence-corrected chi connectivity index (χ4v) is 4.33. The Hall–Kier alpha value is -2.11. The van der Waals surface area contributed by atoms with Crippen molar-refractivity contribution in [3.05, 3.63) is 70.2 Å². The lowest BCUT2D eigenvalue weighted by Crippen LogP contribution is -2.22. The molecule has 0 fully saturated rings. The molecule has 0 saturated heterocycles. The summed E-state index contributed by atoms with van der Waals surface area (Å²) in [6, 6.07) is 14.6. The summed E-state index contributed by atoms with van der Waals surface area (Å²) >= 11 is 3.27. The number of carbonyl (C=O) groups is 1. The molecular weight excluding hydrogens is 360 g/mol. The summed E-state index contributed by atoms with van der Waals surface area (Å²) in [6.45, 7) is 7.80. The minimum absolute atomic E-state index is 0.0275. The summed E-state index contributed by atoms with van der Waals surface area (Å²) < 4.78 is 0. The van der Waals surface area contributed by atoms with E-state index in [1.807, 2.05) is 23.6 Å². The second kappa shape index (κ2) is 8.06. The Kier molecular flexibility index (Phi) is 5.79. The zero-order valence-electron chi connectivity index (χ0n) is 15.4. The number of nitrogens with zero attached hydrogens (tertiary/aromatic N) is 2. The minimum atomic E-state index is -0.0275. The summed E-state index contributed by atoms with van der Waals surface area (Å²) in [5, 5.41) is 2.76. The molecule has 1 heterocycles. The number of thioether (sulfide) groups is 1. The maximum Gasteiger partial charge on any atom is 0.230 e. The molecule has 3 rings (SSSR count). The maximum atomic E-state index is 12.2. The molecule has 0 aliphatic carbocycles. The second-order valence-corrected chi connectivity index (χ2v) is 8.23. The smallest absolute Gasteiger partial charge is 0.230 e. The molecule has 1 aromatic heterocycles. The highest BCUT2D eigenvalue weighted by Gasteiger charge is 2.18. The Balaban J connectivity index is 1.78. The molecular formula is C21H22N2OS2. The fourth-order valence-electron chi connectivity index (χ4n) is 2.55. The van der Waals surface area contributed by atoms with E-state index >= 15 is 0 Å². The Morgan fingerprint density at radius 1 is 1.08 bits per heavy atom. The molecule has 0 unspecified atom stereocenters. The predicted molar refractivity (Wildman–Crippen MR) is 112 cm³/mol. The van der Waals surface area contributed by atoms with Crippen LogP contribution in [0, 0.1) is 20.8 Å². The van der Waals surface area contributed by atoms with Crippen molar-refractivity contribution < 1.29 is 4.79 Å². The third-order valence-corrected chi connectivity index (χ3v) is 6.12. The van der Waals surface area contributed by atoms with Crippen LogP contribution in [0.3, 0.4) is 0 Å². The van der Waals surface area contributed by atoms with E-state index in [4.69, 9.17) is 4.98 Å². The van der Waals surface area contributed by atoms with Crippen LogP contribution in [0.25, 0.3) is 0 Å². The monoisotopic (exact) mass is 382 g/mol. The van der Waals surface area contributed by atoms with Crippen molar-refractivity contribution >= 4 is 39.8 Å². The third kappa shape index (κ3) is 4.34. The summed E-state index contributed by atoms with van der Waals surface area (Å²) in [5.41, 5.74) is 5.50. The first kappa shape index (κ1) is 18.7. The van der Waals surface area contributed by atoms with Gasteiger partial charge in [-0.3, -0.25) is 9.69 Å². The Bertz CT molecular complexity index is 916. The lowest BCUT2D eigenvalue weighted by atomic mass is 10.1. The van der Waals surface area contributed by atoms with Crippen LogP contribution in [0.4, 0.5) is 10.8 Å². The van der Waals surface area contributed by atoms with E-state index in [1.54, 1.807) is 23.6 Å². The van der Waals surface area contributed by atoms with Gasteiger partial charge in [-0.15, -0.1) is 23.1 Å². The third-order valence-electron chi connectivity index (χ3n) is 4.20. The quantitative estimate of drug-likeness (QED) is 0.504. The van der Waals surface area contributed by atoms with Crippen LogP contribution in [-0.2, 0) is 10.5 Å². The first-order chi connectivity index (χ1) is 12.4. The number of hydrogen-bond donors (Lipinski definition) is 0. The number of aromatic nitrogens is 1. The largest absolute Gasteiger partial charge is 0.274 e. The predicted octanol–water partition coefficient (Wildman–Crippen LogP) is 6.05. The van der Waals surface area contributed by atoms with E-state index in [1.165, 1.54) is 32.9 Å². The molecule has 26 heavy (non-hydrogen) atoms. The van der Waals surface area contributed by atoms with Gasteiger partial charge in [0.2, 0.25) is 5.91 Å². The van der Waals surface area contributed by atoms with Crippen molar-refractivity contribution in [2.45, 2.75) is 38.3 Å². The van der Waals surface area contributed by atoms with Crippen LogP contribution in [0.5, 0.6) is 0 Å². The van der Waals surface area contributed by atoms with Crippen LogP contribution in [0.2, 0.25) is 0 Å². The van der Waals surface area contributed by atoms with Gasteiger partial charge < -0.3 is 0 Å². The maximum absolute atomic E-state index is 12.2. The standard InChI is InChI=1S/C21H22N2OS2/c1-14-5-9-20(10-6-14)25-12-18-13-26-21(22-18)23(17(4)24)19-8-7-15(2)16(3)11-19/h5-11,13H,12H2,1-4H3. The molecule has 0 bridgehead atoms. The Morgan fingerprint density at radius 2 is 1.81 bits per heavy atom. The molecule has 0 aliphatic rings. The Labute approximate surface area is 163 Å². The number of benzene rings is 2. The average Bonchev–Trinajstić information content (AvgIpc) is 3.06. The van der Waals surface area contributed by atoms with Gasteiger partial charge in [0.25, 0.3) is 0 Å². The summed E-state index contributed by atoms with van der Waals surface area (Å²) in [7, 11) is 0. The number of anilines is 2. The number of hydrogen-bond acceptors (Lipinski definition) is 4. The van der Waals surface area contributed by atoms with Gasteiger partial charge in [0.15, 0.2) is 5.13 Å². The fraction of sp³-hybridized carbons (Fsp3) is 0.238. The zero-order chi connectivity index (χ0) is 18.7. The topological polar surface area (TPSA) is 33.2 Å². The van der Waals surface area contributed by atoms with Gasteiger partial charge in [0, 0.05) is 23.0 Å². The first-order valence-electron chi connectivity index (χ1n) is 8.46. The molecule has 0 radical (unpaired) electrons. The number of aryl methyl sites for hydroxylation is 3. The normalized spacial score (nSPS) is 10.8. The highest BCUT2D eigenvalue weighted by molar-refractivity contribution is 7.98. The minimum Gasteiger partial charge on any atom is -0.274 e. The molecule has 134 valence electrons. The van der Waals surface area contributed by atoms with E-state index in [-0.39, 0.29) is 5.91 Å². The van der Waals surface area contributed by atoms with Crippen LogP contribution < -0.4 is 4.90 Å². The molecule has 3 nitrogen and oxygen atoms in total. The van der Waals surface area contributed by atoms with Crippen molar-refractivity contribution in [1.82, 2.24) is 4.98 Å². The first-order valence-corrected chi connectivity index (χ1v) is 10.3. The van der Waals surface area contributed by atoms with Gasteiger partial charge in [0.05, 0.1) is 11.4 Å². The summed E-state index contributed by atoms with van der Waals surface area (Å²) in [4.78, 5) is 19.9. The van der Waals surface area contributed by atoms with Crippen LogP contribution >= 0.6 is 23.1 Å². The van der Waals surface area contributed by atoms with E-state index in [0.717, 1.165) is 22.3 Å². The summed E-state index contributed by atoms with van der Waals surface area (Å²) in [6.07, 6.45) is 0. The van der Waals surface area contributed by atoms with Gasteiger partial charge in [-0.05, 0) is 56.2 Å².